The predicted octanol–water partition coefficient (Wildman–Crippen LogP) is 2.89. The Bertz CT molecular complexity index is 781. The summed E-state index contributed by atoms with van der Waals surface area (Å²) in [5, 5.41) is 13.5. The van der Waals surface area contributed by atoms with Gasteiger partial charge in [0, 0.05) is 41.5 Å². The van der Waals surface area contributed by atoms with Gasteiger partial charge in [0.1, 0.15) is 5.82 Å². The van der Waals surface area contributed by atoms with Gasteiger partial charge in [-0.25, -0.2) is 5.01 Å². The number of nitrogens with zero attached hydrogens (tertiary/aromatic N) is 3. The van der Waals surface area contributed by atoms with Gasteiger partial charge in [-0.15, -0.1) is 11.3 Å². The minimum Gasteiger partial charge on any atom is -0.383 e. The summed E-state index contributed by atoms with van der Waals surface area (Å²) >= 11 is 1.67. The quantitative estimate of drug-likeness (QED) is 0.914. The van der Waals surface area contributed by atoms with Crippen LogP contribution in [0.4, 0.5) is 0 Å². The van der Waals surface area contributed by atoms with Crippen LogP contribution in [-0.4, -0.2) is 29.9 Å². The Morgan fingerprint density at radius 2 is 2.17 bits per heavy atom. The lowest BCUT2D eigenvalue weighted by atomic mass is 9.79. The summed E-state index contributed by atoms with van der Waals surface area (Å²) in [6.45, 7) is 2.11. The van der Waals surface area contributed by atoms with Crippen molar-refractivity contribution in [3.05, 3.63) is 44.6 Å². The van der Waals surface area contributed by atoms with Crippen molar-refractivity contribution < 1.29 is 4.79 Å². The van der Waals surface area contributed by atoms with E-state index in [0.717, 1.165) is 35.4 Å². The Hall–Kier alpha value is -2.10. The van der Waals surface area contributed by atoms with E-state index in [1.54, 1.807) is 11.3 Å². The molecule has 24 heavy (non-hydrogen) atoms. The zero-order chi connectivity index (χ0) is 17.4. The smallest absolute Gasteiger partial charge is 0.161 e. The highest BCUT2D eigenvalue weighted by molar-refractivity contribution is 7.12. The molecular formula is C18H22N4OS. The summed E-state index contributed by atoms with van der Waals surface area (Å²) in [6.07, 6.45) is 3.12. The number of hydrazine groups is 1. The number of hydrogen-bond donors (Lipinski definition) is 1. The van der Waals surface area contributed by atoms with E-state index in [0.29, 0.717) is 17.8 Å². The van der Waals surface area contributed by atoms with Crippen molar-refractivity contribution in [3.63, 3.8) is 0 Å². The molecule has 2 heterocycles. The number of nitriles is 1. The molecule has 0 saturated heterocycles. The zero-order valence-corrected chi connectivity index (χ0v) is 15.1. The van der Waals surface area contributed by atoms with E-state index in [4.69, 9.17) is 5.73 Å². The van der Waals surface area contributed by atoms with Crippen LogP contribution in [0.5, 0.6) is 0 Å². The van der Waals surface area contributed by atoms with Crippen LogP contribution >= 0.6 is 11.3 Å². The second-order valence-corrected chi connectivity index (χ2v) is 7.50. The molecule has 0 aromatic carbocycles. The maximum absolute atomic E-state index is 12.8. The number of Topliss-reactive ketones (excluding diaryl/α,β-unsaturated/α-hetero) is 1. The van der Waals surface area contributed by atoms with Gasteiger partial charge in [0.15, 0.2) is 5.78 Å². The molecule has 2 aliphatic rings. The maximum atomic E-state index is 12.8. The number of aryl methyl sites for hydroxylation is 1. The predicted molar refractivity (Wildman–Crippen MR) is 94.7 cm³/mol. The highest BCUT2D eigenvalue weighted by Crippen LogP contribution is 2.46. The van der Waals surface area contributed by atoms with Crippen molar-refractivity contribution in [1.82, 2.24) is 10.0 Å². The molecule has 0 amide bonds. The lowest BCUT2D eigenvalue weighted by molar-refractivity contribution is -0.116. The summed E-state index contributed by atoms with van der Waals surface area (Å²) in [7, 11) is 3.76. The van der Waals surface area contributed by atoms with E-state index in [9.17, 15) is 10.1 Å². The molecule has 1 atom stereocenters. The molecule has 0 bridgehead atoms. The minimum atomic E-state index is -0.320. The molecule has 0 unspecified atom stereocenters. The van der Waals surface area contributed by atoms with Crippen LogP contribution in [0.3, 0.4) is 0 Å². The van der Waals surface area contributed by atoms with Gasteiger partial charge >= 0.3 is 0 Å². The topological polar surface area (TPSA) is 73.4 Å². The summed E-state index contributed by atoms with van der Waals surface area (Å²) in [5.74, 6) is 0.256. The average molecular weight is 342 g/mol. The Kier molecular flexibility index (Phi) is 4.48. The molecule has 0 saturated carbocycles. The lowest BCUT2D eigenvalue weighted by Crippen LogP contribution is -2.45. The van der Waals surface area contributed by atoms with Gasteiger partial charge in [0.2, 0.25) is 0 Å². The Labute approximate surface area is 146 Å². The van der Waals surface area contributed by atoms with Gasteiger partial charge in [0.05, 0.1) is 17.6 Å². The number of hydrogen-bond acceptors (Lipinski definition) is 6. The van der Waals surface area contributed by atoms with Crippen molar-refractivity contribution in [3.8, 4) is 6.07 Å². The molecule has 2 N–H and O–H groups in total. The van der Waals surface area contributed by atoms with Crippen molar-refractivity contribution in [1.29, 1.82) is 5.26 Å². The number of thiophene rings is 1. The molecule has 0 fully saturated rings. The van der Waals surface area contributed by atoms with E-state index in [1.165, 1.54) is 4.88 Å². The third kappa shape index (κ3) is 2.54. The van der Waals surface area contributed by atoms with Gasteiger partial charge in [-0.3, -0.25) is 9.80 Å². The van der Waals surface area contributed by atoms with Crippen LogP contribution in [0.2, 0.25) is 0 Å². The fourth-order valence-electron chi connectivity index (χ4n) is 3.55. The number of nitrogens with two attached hydrogens (primary N) is 1. The van der Waals surface area contributed by atoms with Crippen LogP contribution in [0.15, 0.2) is 34.8 Å². The second kappa shape index (κ2) is 6.42. The molecule has 0 radical (unpaired) electrons. The highest BCUT2D eigenvalue weighted by Gasteiger charge is 2.41. The van der Waals surface area contributed by atoms with Crippen molar-refractivity contribution in [2.75, 3.05) is 14.1 Å². The first-order chi connectivity index (χ1) is 11.5. The summed E-state index contributed by atoms with van der Waals surface area (Å²) in [6, 6.07) is 6.39. The number of carbonyl (C=O) groups excluding carboxylic acids is 1. The molecule has 5 nitrogen and oxygen atoms in total. The summed E-state index contributed by atoms with van der Waals surface area (Å²) in [5.41, 5.74) is 8.53. The van der Waals surface area contributed by atoms with Gasteiger partial charge in [-0.05, 0) is 31.4 Å². The van der Waals surface area contributed by atoms with Crippen LogP contribution in [0.25, 0.3) is 0 Å². The Morgan fingerprint density at radius 3 is 2.75 bits per heavy atom. The second-order valence-electron chi connectivity index (χ2n) is 6.30. The lowest BCUT2D eigenvalue weighted by Gasteiger charge is -2.42. The van der Waals surface area contributed by atoms with Gasteiger partial charge in [-0.1, -0.05) is 6.92 Å². The molecule has 1 aliphatic heterocycles. The molecule has 0 spiro atoms. The Balaban J connectivity index is 2.22. The van der Waals surface area contributed by atoms with E-state index in [2.05, 4.69) is 19.1 Å². The summed E-state index contributed by atoms with van der Waals surface area (Å²) in [4.78, 5) is 15.0. The first-order valence-electron chi connectivity index (χ1n) is 8.21. The number of rotatable bonds is 3. The molecule has 1 aliphatic carbocycles. The van der Waals surface area contributed by atoms with Crippen molar-refractivity contribution in [2.24, 2.45) is 5.73 Å². The molecular weight excluding hydrogens is 320 g/mol. The minimum absolute atomic E-state index is 0.139. The Morgan fingerprint density at radius 1 is 1.42 bits per heavy atom. The standard InChI is InChI=1S/C18H22N4OS/c1-4-11-8-9-15(24-11)16-12(10-19)18(20)22(21(2)3)13-6-5-7-14(23)17(13)16/h8-9,16H,4-7,20H2,1-3H3/t16-/m1/s1. The van der Waals surface area contributed by atoms with Gasteiger partial charge < -0.3 is 5.73 Å². The van der Waals surface area contributed by atoms with E-state index in [-0.39, 0.29) is 11.7 Å². The molecule has 126 valence electrons. The first kappa shape index (κ1) is 16.7. The molecule has 6 heteroatoms. The fourth-order valence-corrected chi connectivity index (χ4v) is 4.62. The third-order valence-corrected chi connectivity index (χ3v) is 5.90. The normalized spacial score (nSPS) is 21.4. The fraction of sp³-hybridized carbons (Fsp3) is 0.444. The van der Waals surface area contributed by atoms with E-state index >= 15 is 0 Å². The van der Waals surface area contributed by atoms with Gasteiger partial charge in [0.25, 0.3) is 0 Å². The first-order valence-corrected chi connectivity index (χ1v) is 9.03. The number of allylic oxidation sites excluding steroid dienone is 3. The zero-order valence-electron chi connectivity index (χ0n) is 14.3. The third-order valence-electron chi connectivity index (χ3n) is 4.60. The molecule has 1 aromatic heterocycles. The van der Waals surface area contributed by atoms with Crippen LogP contribution in [0, 0.1) is 11.3 Å². The summed E-state index contributed by atoms with van der Waals surface area (Å²) < 4.78 is 0. The molecule has 3 rings (SSSR count). The maximum Gasteiger partial charge on any atom is 0.161 e. The average Bonchev–Trinajstić information content (AvgIpc) is 3.02. The highest BCUT2D eigenvalue weighted by atomic mass is 32.1. The van der Waals surface area contributed by atoms with Crippen molar-refractivity contribution in [2.45, 2.75) is 38.5 Å². The van der Waals surface area contributed by atoms with E-state index < -0.39 is 0 Å². The molecule has 1 aromatic rings. The van der Waals surface area contributed by atoms with Crippen molar-refractivity contribution >= 4 is 17.1 Å². The van der Waals surface area contributed by atoms with Crippen LogP contribution in [-0.2, 0) is 11.2 Å². The number of ketones is 1. The van der Waals surface area contributed by atoms with Crippen LogP contribution in [0.1, 0.15) is 41.9 Å². The SMILES string of the molecule is CCc1ccc([C@H]2C(C#N)=C(N)N(N(C)C)C3=C2C(=O)CCC3)s1. The largest absolute Gasteiger partial charge is 0.383 e. The van der Waals surface area contributed by atoms with E-state index in [1.807, 2.05) is 30.2 Å². The van der Waals surface area contributed by atoms with Crippen LogP contribution < -0.4 is 5.73 Å². The monoisotopic (exact) mass is 342 g/mol. The van der Waals surface area contributed by atoms with Gasteiger partial charge in [-0.2, -0.15) is 5.26 Å². The number of carbonyl (C=O) groups is 1.